The minimum absolute atomic E-state index is 0.638. The summed E-state index contributed by atoms with van der Waals surface area (Å²) in [5.41, 5.74) is 0. The summed E-state index contributed by atoms with van der Waals surface area (Å²) in [5, 5.41) is 3.43. The molecule has 0 unspecified atom stereocenters. The van der Waals surface area contributed by atoms with Gasteiger partial charge in [-0.3, -0.25) is 0 Å². The molecule has 1 aliphatic heterocycles. The van der Waals surface area contributed by atoms with E-state index in [1.54, 1.807) is 0 Å². The molecule has 1 fully saturated rings. The number of ether oxygens (including phenoxy) is 1. The summed E-state index contributed by atoms with van der Waals surface area (Å²) < 4.78 is 5.61. The zero-order valence-electron chi connectivity index (χ0n) is 9.01. The molecular formula is C11H23NO. The van der Waals surface area contributed by atoms with Crippen LogP contribution in [0.15, 0.2) is 0 Å². The summed E-state index contributed by atoms with van der Waals surface area (Å²) in [6.07, 6.45) is 5.12. The lowest BCUT2D eigenvalue weighted by Crippen LogP contribution is -2.26. The van der Waals surface area contributed by atoms with Gasteiger partial charge in [-0.1, -0.05) is 13.8 Å². The van der Waals surface area contributed by atoms with Crippen LogP contribution in [0.25, 0.3) is 0 Å². The van der Waals surface area contributed by atoms with E-state index in [0.29, 0.717) is 6.04 Å². The summed E-state index contributed by atoms with van der Waals surface area (Å²) in [4.78, 5) is 0. The van der Waals surface area contributed by atoms with Crippen molar-refractivity contribution in [1.82, 2.24) is 5.32 Å². The number of rotatable bonds is 6. The molecule has 0 amide bonds. The van der Waals surface area contributed by atoms with Gasteiger partial charge in [-0.05, 0) is 38.1 Å². The Morgan fingerprint density at radius 2 is 2.31 bits per heavy atom. The minimum atomic E-state index is 0.638. The van der Waals surface area contributed by atoms with Gasteiger partial charge in [-0.2, -0.15) is 0 Å². The van der Waals surface area contributed by atoms with E-state index in [1.165, 1.54) is 32.2 Å². The Labute approximate surface area is 82.0 Å². The summed E-state index contributed by atoms with van der Waals surface area (Å²) in [6, 6.07) is 0.638. The Kier molecular flexibility index (Phi) is 5.40. The van der Waals surface area contributed by atoms with Crippen LogP contribution in [0, 0.1) is 5.92 Å². The topological polar surface area (TPSA) is 21.3 Å². The van der Waals surface area contributed by atoms with E-state index >= 15 is 0 Å². The van der Waals surface area contributed by atoms with Gasteiger partial charge in [-0.15, -0.1) is 0 Å². The number of nitrogens with one attached hydrogen (secondary N) is 1. The second-order valence-corrected chi connectivity index (χ2v) is 4.40. The van der Waals surface area contributed by atoms with Crippen molar-refractivity contribution in [3.8, 4) is 0 Å². The first-order valence-electron chi connectivity index (χ1n) is 5.60. The Bertz CT molecular complexity index is 119. The van der Waals surface area contributed by atoms with Crippen molar-refractivity contribution in [2.75, 3.05) is 19.8 Å². The predicted octanol–water partition coefficient (Wildman–Crippen LogP) is 2.19. The van der Waals surface area contributed by atoms with Crippen LogP contribution in [0.3, 0.4) is 0 Å². The first-order valence-corrected chi connectivity index (χ1v) is 5.60. The summed E-state index contributed by atoms with van der Waals surface area (Å²) in [6.45, 7) is 7.56. The fourth-order valence-electron chi connectivity index (χ4n) is 1.72. The second kappa shape index (κ2) is 6.39. The Hall–Kier alpha value is -0.0800. The van der Waals surface area contributed by atoms with Crippen LogP contribution in [0.1, 0.15) is 39.5 Å². The molecule has 1 heterocycles. The van der Waals surface area contributed by atoms with Crippen LogP contribution >= 0.6 is 0 Å². The van der Waals surface area contributed by atoms with Gasteiger partial charge in [0.2, 0.25) is 0 Å². The molecule has 1 atom stereocenters. The lowest BCUT2D eigenvalue weighted by molar-refractivity contribution is 0.111. The maximum atomic E-state index is 5.61. The molecule has 0 aromatic heterocycles. The maximum Gasteiger partial charge on any atom is 0.0619 e. The van der Waals surface area contributed by atoms with Crippen molar-refractivity contribution in [3.05, 3.63) is 0 Å². The third-order valence-electron chi connectivity index (χ3n) is 2.55. The van der Waals surface area contributed by atoms with Crippen molar-refractivity contribution in [1.29, 1.82) is 0 Å². The molecule has 2 nitrogen and oxygen atoms in total. The van der Waals surface area contributed by atoms with E-state index in [1.807, 2.05) is 0 Å². The van der Waals surface area contributed by atoms with Gasteiger partial charge in [0.1, 0.15) is 0 Å². The number of hydrogen-bond acceptors (Lipinski definition) is 2. The molecule has 13 heavy (non-hydrogen) atoms. The van der Waals surface area contributed by atoms with Crippen LogP contribution in [0.5, 0.6) is 0 Å². The fraction of sp³-hybridized carbons (Fsp3) is 1.00. The second-order valence-electron chi connectivity index (χ2n) is 4.40. The van der Waals surface area contributed by atoms with E-state index in [-0.39, 0.29) is 0 Å². The van der Waals surface area contributed by atoms with Crippen LogP contribution in [-0.2, 0) is 4.74 Å². The highest BCUT2D eigenvalue weighted by Crippen LogP contribution is 2.06. The van der Waals surface area contributed by atoms with E-state index in [0.717, 1.165) is 19.1 Å². The Balaban J connectivity index is 1.83. The molecule has 78 valence electrons. The average Bonchev–Trinajstić information content (AvgIpc) is 2.55. The van der Waals surface area contributed by atoms with Gasteiger partial charge in [0.25, 0.3) is 0 Å². The average molecular weight is 185 g/mol. The molecule has 1 N–H and O–H groups in total. The third-order valence-corrected chi connectivity index (χ3v) is 2.55. The highest BCUT2D eigenvalue weighted by molar-refractivity contribution is 4.73. The van der Waals surface area contributed by atoms with Crippen molar-refractivity contribution < 1.29 is 4.74 Å². The molecule has 0 aliphatic carbocycles. The highest BCUT2D eigenvalue weighted by Gasteiger charge is 2.13. The zero-order valence-corrected chi connectivity index (χ0v) is 9.01. The van der Waals surface area contributed by atoms with E-state index in [4.69, 9.17) is 4.74 Å². The molecule has 0 radical (unpaired) electrons. The summed E-state index contributed by atoms with van der Waals surface area (Å²) in [5.74, 6) is 0.813. The molecule has 1 rings (SSSR count). The SMILES string of the molecule is CC(C)CCCOC[C@@H]1CCCN1. The van der Waals surface area contributed by atoms with Crippen molar-refractivity contribution in [3.63, 3.8) is 0 Å². The molecule has 0 spiro atoms. The Morgan fingerprint density at radius 1 is 1.46 bits per heavy atom. The van der Waals surface area contributed by atoms with Gasteiger partial charge < -0.3 is 10.1 Å². The smallest absolute Gasteiger partial charge is 0.0619 e. The maximum absolute atomic E-state index is 5.61. The quantitative estimate of drug-likeness (QED) is 0.640. The zero-order chi connectivity index (χ0) is 9.52. The van der Waals surface area contributed by atoms with Gasteiger partial charge in [-0.25, -0.2) is 0 Å². The summed E-state index contributed by atoms with van der Waals surface area (Å²) >= 11 is 0. The lowest BCUT2D eigenvalue weighted by Gasteiger charge is -2.11. The molecule has 1 saturated heterocycles. The monoisotopic (exact) mass is 185 g/mol. The Morgan fingerprint density at radius 3 is 2.92 bits per heavy atom. The van der Waals surface area contributed by atoms with Crippen LogP contribution in [0.4, 0.5) is 0 Å². The first-order chi connectivity index (χ1) is 6.29. The van der Waals surface area contributed by atoms with E-state index in [9.17, 15) is 0 Å². The molecule has 0 bridgehead atoms. The molecule has 0 aromatic rings. The van der Waals surface area contributed by atoms with Crippen LogP contribution in [0.2, 0.25) is 0 Å². The van der Waals surface area contributed by atoms with Crippen LogP contribution < -0.4 is 5.32 Å². The van der Waals surface area contributed by atoms with Crippen molar-refractivity contribution >= 4 is 0 Å². The largest absolute Gasteiger partial charge is 0.380 e. The van der Waals surface area contributed by atoms with Crippen molar-refractivity contribution in [2.24, 2.45) is 5.92 Å². The molecule has 2 heteroatoms. The standard InChI is InChI=1S/C11H23NO/c1-10(2)5-4-8-13-9-11-6-3-7-12-11/h10-12H,3-9H2,1-2H3/t11-/m0/s1. The van der Waals surface area contributed by atoms with Crippen molar-refractivity contribution in [2.45, 2.75) is 45.6 Å². The van der Waals surface area contributed by atoms with Gasteiger partial charge >= 0.3 is 0 Å². The first kappa shape index (κ1) is 11.0. The fourth-order valence-corrected chi connectivity index (χ4v) is 1.72. The van der Waals surface area contributed by atoms with E-state index < -0.39 is 0 Å². The van der Waals surface area contributed by atoms with Gasteiger partial charge in [0.05, 0.1) is 6.61 Å². The van der Waals surface area contributed by atoms with Gasteiger partial charge in [0, 0.05) is 12.6 Å². The van der Waals surface area contributed by atoms with E-state index in [2.05, 4.69) is 19.2 Å². The summed E-state index contributed by atoms with van der Waals surface area (Å²) in [7, 11) is 0. The lowest BCUT2D eigenvalue weighted by atomic mass is 10.1. The molecule has 0 aromatic carbocycles. The minimum Gasteiger partial charge on any atom is -0.380 e. The highest BCUT2D eigenvalue weighted by atomic mass is 16.5. The third kappa shape index (κ3) is 5.27. The predicted molar refractivity (Wildman–Crippen MR) is 55.9 cm³/mol. The number of hydrogen-bond donors (Lipinski definition) is 1. The molecule has 1 aliphatic rings. The van der Waals surface area contributed by atoms with Gasteiger partial charge in [0.15, 0.2) is 0 Å². The normalized spacial score (nSPS) is 22.8. The van der Waals surface area contributed by atoms with Crippen LogP contribution in [-0.4, -0.2) is 25.8 Å². The molecular weight excluding hydrogens is 162 g/mol. The molecule has 0 saturated carbocycles.